The predicted molar refractivity (Wildman–Crippen MR) is 216 cm³/mol. The van der Waals surface area contributed by atoms with E-state index in [9.17, 15) is 33.8 Å². The van der Waals surface area contributed by atoms with E-state index in [0.29, 0.717) is 29.4 Å². The average molecular weight is 894 g/mol. The number of esters is 2. The molecule has 0 aromatic heterocycles. The fraction of sp³-hybridized carbons (Fsp3) is 0.659. The van der Waals surface area contributed by atoms with Gasteiger partial charge in [-0.25, -0.2) is 13.2 Å². The normalized spacial score (nSPS) is 32.4. The summed E-state index contributed by atoms with van der Waals surface area (Å²) in [5.74, 6) is -4.06. The van der Waals surface area contributed by atoms with Crippen molar-refractivity contribution in [2.75, 3.05) is 12.6 Å². The molecular formula is C41H58F3NO13S2. The molecule has 4 aliphatic rings. The first-order chi connectivity index (χ1) is 27.6. The lowest BCUT2D eigenvalue weighted by atomic mass is 9.44. The van der Waals surface area contributed by atoms with Crippen LogP contribution in [0.25, 0.3) is 0 Å². The number of ketones is 1. The van der Waals surface area contributed by atoms with Crippen LogP contribution >= 0.6 is 11.8 Å². The molecule has 1 aromatic carbocycles. The highest BCUT2D eigenvalue weighted by atomic mass is 32.3. The highest BCUT2D eigenvalue weighted by Crippen LogP contribution is 2.72. The molecule has 60 heavy (non-hydrogen) atoms. The zero-order chi connectivity index (χ0) is 45.8. The zero-order valence-corrected chi connectivity index (χ0v) is 36.7. The molecule has 0 saturated heterocycles. The molecule has 4 aliphatic carbocycles. The van der Waals surface area contributed by atoms with Gasteiger partial charge in [0.05, 0.1) is 12.7 Å². The van der Waals surface area contributed by atoms with Crippen LogP contribution in [0.3, 0.4) is 0 Å². The van der Waals surface area contributed by atoms with Crippen molar-refractivity contribution in [1.82, 2.24) is 5.32 Å². The summed E-state index contributed by atoms with van der Waals surface area (Å²) in [5, 5.41) is 30.9. The first kappa shape index (κ1) is 51.0. The molecular weight excluding hydrogens is 836 g/mol. The van der Waals surface area contributed by atoms with Crippen LogP contribution in [0.4, 0.5) is 13.2 Å². The molecule has 3 fully saturated rings. The number of rotatable bonds is 10. The number of ether oxygens (including phenoxy) is 2. The number of aromatic hydroxyl groups is 1. The average Bonchev–Trinajstić information content (AvgIpc) is 3.37. The van der Waals surface area contributed by atoms with Crippen molar-refractivity contribution in [3.05, 3.63) is 53.1 Å². The monoisotopic (exact) mass is 893 g/mol. The van der Waals surface area contributed by atoms with Crippen molar-refractivity contribution in [2.24, 2.45) is 28.6 Å². The molecule has 0 radical (unpaired) electrons. The standard InChI is InChI=1S/C28H35F3O6S.C13H21NO3.H2O4S/c1-6-22(33)36-21-13-26(5)17(10-15(3)28(26,24(35)38-14-29)37-23(34)7-2)18-12-20(30)19-11-16(32)8-9-25(19,4)27(18,21)31;1-13(2,3)14-7-12(17)9-4-5-11(16)10(6-9)8-15;1-5(2,3)4/h8-9,11,15,17-18,20-21H,6-7,10,12-14H2,1-5H3;4-6,12,14-17H,7-8H2,1-3H3;(H2,1,2,3,4)/t15-,17+,18+,20+,21+,25+,26+,27+,28+;;/m1../s1. The van der Waals surface area contributed by atoms with Crippen LogP contribution in [-0.2, 0) is 45.7 Å². The smallest absolute Gasteiger partial charge is 0.394 e. The van der Waals surface area contributed by atoms with Crippen molar-refractivity contribution in [1.29, 1.82) is 0 Å². The highest BCUT2D eigenvalue weighted by molar-refractivity contribution is 8.13. The topological polar surface area (TPSA) is 234 Å². The van der Waals surface area contributed by atoms with E-state index in [1.807, 2.05) is 20.8 Å². The molecule has 1 aromatic rings. The van der Waals surface area contributed by atoms with Gasteiger partial charge in [0, 0.05) is 53.2 Å². The summed E-state index contributed by atoms with van der Waals surface area (Å²) in [6.45, 7) is 14.3. The van der Waals surface area contributed by atoms with E-state index < -0.39 is 97.5 Å². The molecule has 0 bridgehead atoms. The number of nitrogens with one attached hydrogen (secondary N) is 1. The largest absolute Gasteiger partial charge is 0.508 e. The maximum atomic E-state index is 18.0. The number of halogens is 3. The molecule has 10 atom stereocenters. The number of alkyl halides is 3. The maximum absolute atomic E-state index is 18.0. The molecule has 14 nitrogen and oxygen atoms in total. The van der Waals surface area contributed by atoms with Crippen molar-refractivity contribution in [2.45, 2.75) is 129 Å². The quantitative estimate of drug-likeness (QED) is 0.116. The lowest BCUT2D eigenvalue weighted by molar-refractivity contribution is -0.237. The molecule has 1 unspecified atom stereocenters. The number of carbonyl (C=O) groups excluding carboxylic acids is 4. The van der Waals surface area contributed by atoms with Crippen molar-refractivity contribution < 1.29 is 74.7 Å². The molecule has 3 saturated carbocycles. The van der Waals surface area contributed by atoms with E-state index in [0.717, 1.165) is 6.08 Å². The van der Waals surface area contributed by atoms with Gasteiger partial charge in [0.2, 0.25) is 5.12 Å². The van der Waals surface area contributed by atoms with E-state index >= 15 is 8.78 Å². The Labute approximate surface area is 353 Å². The molecule has 0 heterocycles. The molecule has 0 spiro atoms. The number of allylic oxidation sites excluding steroid dienone is 4. The van der Waals surface area contributed by atoms with Gasteiger partial charge in [-0.15, -0.1) is 0 Å². The molecule has 0 aliphatic heterocycles. The van der Waals surface area contributed by atoms with Gasteiger partial charge in [-0.1, -0.05) is 39.8 Å². The number of phenols is 1. The van der Waals surface area contributed by atoms with E-state index in [-0.39, 0.29) is 55.6 Å². The Morgan fingerprint density at radius 2 is 1.67 bits per heavy atom. The number of carbonyl (C=O) groups is 4. The minimum absolute atomic E-state index is 0.00341. The Bertz CT molecular complexity index is 1930. The minimum Gasteiger partial charge on any atom is -0.508 e. The summed E-state index contributed by atoms with van der Waals surface area (Å²) >= 11 is 0.388. The lowest BCUT2D eigenvalue weighted by Crippen LogP contribution is -2.71. The Balaban J connectivity index is 0.000000361. The van der Waals surface area contributed by atoms with Crippen LogP contribution in [0.15, 0.2) is 42.0 Å². The molecule has 19 heteroatoms. The van der Waals surface area contributed by atoms with Gasteiger partial charge in [0.15, 0.2) is 17.1 Å². The second-order valence-corrected chi connectivity index (χ2v) is 18.8. The Morgan fingerprint density at radius 1 is 1.07 bits per heavy atom. The Hall–Kier alpha value is -3.33. The van der Waals surface area contributed by atoms with E-state index in [1.54, 1.807) is 39.8 Å². The highest BCUT2D eigenvalue weighted by Gasteiger charge is 2.79. The van der Waals surface area contributed by atoms with Crippen LogP contribution in [0, 0.1) is 28.6 Å². The number of hydrogen-bond donors (Lipinski definition) is 6. The fourth-order valence-electron chi connectivity index (χ4n) is 9.42. The Kier molecular flexibility index (Phi) is 16.5. The van der Waals surface area contributed by atoms with Crippen LogP contribution in [-0.4, -0.2) is 97.3 Å². The number of β-amino-alcohol motifs (C(OH)–C–C–N with tert-alkyl or cyclic N) is 1. The van der Waals surface area contributed by atoms with Crippen molar-refractivity contribution >= 4 is 45.0 Å². The number of thioether (sulfide) groups is 1. The molecule has 5 rings (SSSR count). The van der Waals surface area contributed by atoms with Crippen LogP contribution in [0.2, 0.25) is 0 Å². The van der Waals surface area contributed by atoms with Crippen molar-refractivity contribution in [3.8, 4) is 5.75 Å². The van der Waals surface area contributed by atoms with Gasteiger partial charge < -0.3 is 30.1 Å². The summed E-state index contributed by atoms with van der Waals surface area (Å²) in [5.41, 5.74) is -5.94. The second kappa shape index (κ2) is 19.4. The zero-order valence-electron chi connectivity index (χ0n) is 35.0. The third-order valence-corrected chi connectivity index (χ3v) is 12.9. The second-order valence-electron chi connectivity index (χ2n) is 17.1. The van der Waals surface area contributed by atoms with E-state index in [1.165, 1.54) is 25.1 Å². The van der Waals surface area contributed by atoms with E-state index in [4.69, 9.17) is 32.1 Å². The summed E-state index contributed by atoms with van der Waals surface area (Å²) in [4.78, 5) is 51.0. The van der Waals surface area contributed by atoms with Gasteiger partial charge in [-0.05, 0) is 100 Å². The van der Waals surface area contributed by atoms with E-state index in [2.05, 4.69) is 5.32 Å². The SMILES string of the molecule is CC(C)(C)NCC(O)c1ccc(O)c(CO)c1.CCC(=O)O[C@H]1C[C@@]2(C)[C@@H](C[C@@H](C)[C@]2(OC(=O)CC)C(=O)SCF)[C@@H]2C[C@H](F)C3=CC(=O)C=C[C@]3(C)[C@@]12F.O=S(=O)(O)O. The summed E-state index contributed by atoms with van der Waals surface area (Å²) in [6, 6.07) is 3.72. The van der Waals surface area contributed by atoms with Gasteiger partial charge in [0.1, 0.15) is 24.0 Å². The Morgan fingerprint density at radius 3 is 2.20 bits per heavy atom. The van der Waals surface area contributed by atoms with Crippen LogP contribution in [0.1, 0.15) is 105 Å². The number of hydrogen-bond acceptors (Lipinski definition) is 13. The number of aliphatic hydroxyl groups excluding tert-OH is 2. The van der Waals surface area contributed by atoms with Gasteiger partial charge in [-0.2, -0.15) is 8.42 Å². The summed E-state index contributed by atoms with van der Waals surface area (Å²) < 4.78 is 90.5. The summed E-state index contributed by atoms with van der Waals surface area (Å²) in [7, 11) is -4.67. The third kappa shape index (κ3) is 10.5. The lowest BCUT2D eigenvalue weighted by Gasteiger charge is -2.63. The van der Waals surface area contributed by atoms with Gasteiger partial charge >= 0.3 is 22.3 Å². The fourth-order valence-corrected chi connectivity index (χ4v) is 10.2. The maximum Gasteiger partial charge on any atom is 0.394 e. The molecule has 6 N–H and O–H groups in total. The summed E-state index contributed by atoms with van der Waals surface area (Å²) in [6.07, 6.45) is -0.385. The minimum atomic E-state index is -4.67. The van der Waals surface area contributed by atoms with Crippen LogP contribution in [0.5, 0.6) is 5.75 Å². The molecule has 338 valence electrons. The molecule has 0 amide bonds. The first-order valence-electron chi connectivity index (χ1n) is 19.6. The van der Waals surface area contributed by atoms with Gasteiger partial charge in [-0.3, -0.25) is 28.3 Å². The van der Waals surface area contributed by atoms with Gasteiger partial charge in [0.25, 0.3) is 0 Å². The number of aliphatic hydroxyl groups is 2. The van der Waals surface area contributed by atoms with Crippen LogP contribution < -0.4 is 5.32 Å². The number of fused-ring (bicyclic) bond motifs is 5. The first-order valence-corrected chi connectivity index (χ1v) is 22.0. The third-order valence-electron chi connectivity index (χ3n) is 12.2. The predicted octanol–water partition coefficient (Wildman–Crippen LogP) is 6.04. The number of benzene rings is 1. The van der Waals surface area contributed by atoms with Crippen molar-refractivity contribution in [3.63, 3.8) is 0 Å².